The van der Waals surface area contributed by atoms with Crippen LogP contribution < -0.4 is 9.64 Å². The first-order valence-corrected chi connectivity index (χ1v) is 7.91. The molecule has 3 atom stereocenters. The standard InChI is InChI=1S/C16H18F3NO5/c17-16(18,19)14(22)6-11-3-1-9-5-10(2-4-13(9)24-11)20-7-12(8-21)25-15(20)23/h2,4-5,11-12,14,21-22H,1,3,6-8H2/t11?,12-,14?/m1/s1. The van der Waals surface area contributed by atoms with Crippen LogP contribution >= 0.6 is 0 Å². The molecule has 25 heavy (non-hydrogen) atoms. The van der Waals surface area contributed by atoms with Crippen molar-refractivity contribution in [1.82, 2.24) is 0 Å². The third-order valence-corrected chi connectivity index (χ3v) is 4.33. The lowest BCUT2D eigenvalue weighted by Crippen LogP contribution is -2.35. The summed E-state index contributed by atoms with van der Waals surface area (Å²) in [4.78, 5) is 13.2. The van der Waals surface area contributed by atoms with Crippen molar-refractivity contribution in [1.29, 1.82) is 0 Å². The largest absolute Gasteiger partial charge is 0.490 e. The number of hydrogen-bond donors (Lipinski definition) is 2. The summed E-state index contributed by atoms with van der Waals surface area (Å²) >= 11 is 0. The minimum atomic E-state index is -4.66. The number of alkyl halides is 3. The molecule has 0 aliphatic carbocycles. The molecule has 2 heterocycles. The Balaban J connectivity index is 1.69. The molecule has 2 aliphatic heterocycles. The lowest BCUT2D eigenvalue weighted by atomic mass is 9.98. The predicted molar refractivity (Wildman–Crippen MR) is 80.6 cm³/mol. The molecular formula is C16H18F3NO5. The number of cyclic esters (lactones) is 1. The number of carbonyl (C=O) groups is 1. The number of amides is 1. The summed E-state index contributed by atoms with van der Waals surface area (Å²) in [5.41, 5.74) is 1.35. The van der Waals surface area contributed by atoms with E-state index < -0.39 is 37.0 Å². The van der Waals surface area contributed by atoms with E-state index in [1.165, 1.54) is 4.90 Å². The molecule has 0 aromatic heterocycles. The van der Waals surface area contributed by atoms with Crippen LogP contribution in [-0.4, -0.2) is 53.9 Å². The van der Waals surface area contributed by atoms with Crippen molar-refractivity contribution < 1.29 is 37.7 Å². The number of halogens is 3. The van der Waals surface area contributed by atoms with Gasteiger partial charge in [-0.1, -0.05) is 0 Å². The number of aliphatic hydroxyl groups is 2. The molecule has 9 heteroatoms. The molecular weight excluding hydrogens is 343 g/mol. The summed E-state index contributed by atoms with van der Waals surface area (Å²) in [5, 5.41) is 18.2. The minimum Gasteiger partial charge on any atom is -0.490 e. The maximum atomic E-state index is 12.5. The van der Waals surface area contributed by atoms with E-state index in [0.717, 1.165) is 5.56 Å². The number of hydrogen-bond acceptors (Lipinski definition) is 5. The fourth-order valence-corrected chi connectivity index (χ4v) is 2.98. The number of ether oxygens (including phenoxy) is 2. The van der Waals surface area contributed by atoms with Crippen LogP contribution in [0.5, 0.6) is 5.75 Å². The number of aliphatic hydroxyl groups excluding tert-OH is 2. The van der Waals surface area contributed by atoms with E-state index in [0.29, 0.717) is 24.3 Å². The van der Waals surface area contributed by atoms with Crippen LogP contribution in [0.1, 0.15) is 18.4 Å². The van der Waals surface area contributed by atoms with Crippen LogP contribution in [0.2, 0.25) is 0 Å². The first-order chi connectivity index (χ1) is 11.8. The number of fused-ring (bicyclic) bond motifs is 1. The van der Waals surface area contributed by atoms with Gasteiger partial charge in [0.2, 0.25) is 0 Å². The molecule has 1 aromatic carbocycles. The SMILES string of the molecule is O=C1O[C@@H](CO)CN1c1ccc2c(c1)CCC(CC(O)C(F)(F)F)O2. The first-order valence-electron chi connectivity index (χ1n) is 7.91. The molecule has 2 N–H and O–H groups in total. The second-order valence-electron chi connectivity index (χ2n) is 6.16. The van der Waals surface area contributed by atoms with Crippen LogP contribution in [0.15, 0.2) is 18.2 Å². The average Bonchev–Trinajstić information content (AvgIpc) is 2.94. The fraction of sp³-hybridized carbons (Fsp3) is 0.562. The highest BCUT2D eigenvalue weighted by atomic mass is 19.4. The third-order valence-electron chi connectivity index (χ3n) is 4.33. The first kappa shape index (κ1) is 17.8. The van der Waals surface area contributed by atoms with Gasteiger partial charge in [0.15, 0.2) is 6.10 Å². The smallest absolute Gasteiger partial charge is 0.414 e. The van der Waals surface area contributed by atoms with Gasteiger partial charge >= 0.3 is 12.3 Å². The monoisotopic (exact) mass is 361 g/mol. The molecule has 138 valence electrons. The van der Waals surface area contributed by atoms with E-state index in [4.69, 9.17) is 19.7 Å². The van der Waals surface area contributed by atoms with Gasteiger partial charge < -0.3 is 19.7 Å². The highest BCUT2D eigenvalue weighted by Crippen LogP contribution is 2.35. The van der Waals surface area contributed by atoms with E-state index >= 15 is 0 Å². The number of aryl methyl sites for hydroxylation is 1. The van der Waals surface area contributed by atoms with Crippen LogP contribution in [0.3, 0.4) is 0 Å². The van der Waals surface area contributed by atoms with E-state index in [1.807, 2.05) is 0 Å². The normalized spacial score (nSPS) is 24.5. The Kier molecular flexibility index (Phi) is 4.79. The Bertz CT molecular complexity index is 651. The molecule has 6 nitrogen and oxygen atoms in total. The molecule has 1 aromatic rings. The number of anilines is 1. The van der Waals surface area contributed by atoms with Gasteiger partial charge in [0.05, 0.1) is 13.2 Å². The Morgan fingerprint density at radius 3 is 2.68 bits per heavy atom. The van der Waals surface area contributed by atoms with Crippen LogP contribution in [0.25, 0.3) is 0 Å². The maximum Gasteiger partial charge on any atom is 0.414 e. The van der Waals surface area contributed by atoms with E-state index in [2.05, 4.69) is 0 Å². The summed E-state index contributed by atoms with van der Waals surface area (Å²) in [6.45, 7) is -0.0329. The Hall–Kier alpha value is -2.00. The molecule has 1 saturated heterocycles. The van der Waals surface area contributed by atoms with Crippen molar-refractivity contribution in [2.45, 2.75) is 43.8 Å². The lowest BCUT2D eigenvalue weighted by Gasteiger charge is -2.29. The lowest BCUT2D eigenvalue weighted by molar-refractivity contribution is -0.210. The van der Waals surface area contributed by atoms with Crippen LogP contribution in [0.4, 0.5) is 23.7 Å². The van der Waals surface area contributed by atoms with Crippen LogP contribution in [-0.2, 0) is 11.2 Å². The molecule has 2 aliphatic rings. The predicted octanol–water partition coefficient (Wildman–Crippen LogP) is 2.01. The van der Waals surface area contributed by atoms with Crippen molar-refractivity contribution in [2.24, 2.45) is 0 Å². The molecule has 1 amide bonds. The number of carbonyl (C=O) groups excluding carboxylic acids is 1. The molecule has 0 saturated carbocycles. The van der Waals surface area contributed by atoms with Gasteiger partial charge in [-0.15, -0.1) is 0 Å². The van der Waals surface area contributed by atoms with Crippen molar-refractivity contribution in [2.75, 3.05) is 18.1 Å². The number of nitrogens with zero attached hydrogens (tertiary/aromatic N) is 1. The summed E-state index contributed by atoms with van der Waals surface area (Å²) in [5.74, 6) is 0.445. The van der Waals surface area contributed by atoms with Crippen molar-refractivity contribution in [3.8, 4) is 5.75 Å². The zero-order chi connectivity index (χ0) is 18.2. The van der Waals surface area contributed by atoms with Gasteiger partial charge in [0.25, 0.3) is 0 Å². The Morgan fingerprint density at radius 2 is 2.04 bits per heavy atom. The number of benzene rings is 1. The Labute approximate surface area is 141 Å². The van der Waals surface area contributed by atoms with E-state index in [-0.39, 0.29) is 13.2 Å². The Morgan fingerprint density at radius 1 is 1.28 bits per heavy atom. The van der Waals surface area contributed by atoms with Crippen molar-refractivity contribution in [3.05, 3.63) is 23.8 Å². The molecule has 3 rings (SSSR count). The van der Waals surface area contributed by atoms with E-state index in [1.54, 1.807) is 18.2 Å². The minimum absolute atomic E-state index is 0.232. The van der Waals surface area contributed by atoms with Gasteiger partial charge in [-0.2, -0.15) is 13.2 Å². The molecule has 2 unspecified atom stereocenters. The quantitative estimate of drug-likeness (QED) is 0.858. The number of rotatable bonds is 4. The van der Waals surface area contributed by atoms with Crippen LogP contribution in [0, 0.1) is 0 Å². The zero-order valence-corrected chi connectivity index (χ0v) is 13.2. The highest BCUT2D eigenvalue weighted by Gasteiger charge is 2.40. The van der Waals surface area contributed by atoms with Gasteiger partial charge in [-0.05, 0) is 36.6 Å². The highest BCUT2D eigenvalue weighted by molar-refractivity contribution is 5.90. The van der Waals surface area contributed by atoms with Crippen molar-refractivity contribution >= 4 is 11.8 Å². The van der Waals surface area contributed by atoms with Crippen molar-refractivity contribution in [3.63, 3.8) is 0 Å². The summed E-state index contributed by atoms with van der Waals surface area (Å²) in [6.07, 6.45) is -8.61. The zero-order valence-electron chi connectivity index (χ0n) is 13.2. The maximum absolute atomic E-state index is 12.5. The second kappa shape index (κ2) is 6.72. The van der Waals surface area contributed by atoms with Gasteiger partial charge in [0, 0.05) is 12.1 Å². The third kappa shape index (κ3) is 3.82. The molecule has 1 fully saturated rings. The van der Waals surface area contributed by atoms with E-state index in [9.17, 15) is 18.0 Å². The topological polar surface area (TPSA) is 79.2 Å². The average molecular weight is 361 g/mol. The van der Waals surface area contributed by atoms with Gasteiger partial charge in [-0.25, -0.2) is 4.79 Å². The van der Waals surface area contributed by atoms with Gasteiger partial charge in [-0.3, -0.25) is 4.90 Å². The summed E-state index contributed by atoms with van der Waals surface area (Å²) in [7, 11) is 0. The van der Waals surface area contributed by atoms with Gasteiger partial charge in [0.1, 0.15) is 18.0 Å². The fourth-order valence-electron chi connectivity index (χ4n) is 2.98. The summed E-state index contributed by atoms with van der Waals surface area (Å²) < 4.78 is 47.9. The molecule has 0 bridgehead atoms. The second-order valence-corrected chi connectivity index (χ2v) is 6.16. The molecule has 0 spiro atoms. The molecule has 0 radical (unpaired) electrons. The summed E-state index contributed by atoms with van der Waals surface area (Å²) in [6, 6.07) is 4.94.